The van der Waals surface area contributed by atoms with Crippen LogP contribution in [0.5, 0.6) is 0 Å². The molecular formula is C13H14N2O3S. The number of nitrogens with zero attached hydrogens (tertiary/aromatic N) is 1. The van der Waals surface area contributed by atoms with Crippen LogP contribution in [0.1, 0.15) is 24.2 Å². The van der Waals surface area contributed by atoms with Gasteiger partial charge in [0.2, 0.25) is 5.91 Å². The van der Waals surface area contributed by atoms with Crippen molar-refractivity contribution in [1.29, 1.82) is 0 Å². The Hall–Kier alpha value is -1.82. The SMILES string of the molecule is CC1(C)C(=O)NC(=O)CN1C(=O)c1ccc(S)cc1. The molecule has 0 spiro atoms. The number of carbonyl (C=O) groups excluding carboxylic acids is 3. The van der Waals surface area contributed by atoms with Gasteiger partial charge in [-0.2, -0.15) is 0 Å². The highest BCUT2D eigenvalue weighted by molar-refractivity contribution is 7.80. The first-order valence-corrected chi connectivity index (χ1v) is 6.22. The fraction of sp³-hybridized carbons (Fsp3) is 0.308. The lowest BCUT2D eigenvalue weighted by atomic mass is 9.97. The van der Waals surface area contributed by atoms with Crippen molar-refractivity contribution in [2.24, 2.45) is 0 Å². The van der Waals surface area contributed by atoms with Crippen LogP contribution in [0.2, 0.25) is 0 Å². The lowest BCUT2D eigenvalue weighted by Crippen LogP contribution is -2.65. The molecule has 0 unspecified atom stereocenters. The summed E-state index contributed by atoms with van der Waals surface area (Å²) >= 11 is 4.15. The molecule has 1 aromatic rings. The summed E-state index contributed by atoms with van der Waals surface area (Å²) in [4.78, 5) is 37.6. The van der Waals surface area contributed by atoms with E-state index in [0.29, 0.717) is 5.56 Å². The van der Waals surface area contributed by atoms with Crippen molar-refractivity contribution < 1.29 is 14.4 Å². The molecule has 1 aliphatic heterocycles. The van der Waals surface area contributed by atoms with Crippen molar-refractivity contribution >= 4 is 30.4 Å². The van der Waals surface area contributed by atoms with Crippen molar-refractivity contribution in [3.05, 3.63) is 29.8 Å². The first-order chi connectivity index (χ1) is 8.82. The summed E-state index contributed by atoms with van der Waals surface area (Å²) in [5, 5.41) is 2.23. The van der Waals surface area contributed by atoms with Gasteiger partial charge in [-0.05, 0) is 38.1 Å². The number of thiol groups is 1. The fourth-order valence-electron chi connectivity index (χ4n) is 1.87. The molecule has 19 heavy (non-hydrogen) atoms. The molecule has 1 heterocycles. The maximum Gasteiger partial charge on any atom is 0.255 e. The Bertz CT molecular complexity index is 552. The molecule has 3 amide bonds. The third-order valence-corrected chi connectivity index (χ3v) is 3.44. The third kappa shape index (κ3) is 2.49. The van der Waals surface area contributed by atoms with Gasteiger partial charge in [0.15, 0.2) is 0 Å². The van der Waals surface area contributed by atoms with Crippen molar-refractivity contribution in [3.8, 4) is 0 Å². The van der Waals surface area contributed by atoms with E-state index >= 15 is 0 Å². The molecule has 100 valence electrons. The molecular weight excluding hydrogens is 264 g/mol. The molecule has 1 aromatic carbocycles. The Morgan fingerprint density at radius 2 is 1.84 bits per heavy atom. The standard InChI is InChI=1S/C13H14N2O3S/c1-13(2)12(18)14-10(16)7-15(13)11(17)8-3-5-9(19)6-4-8/h3-6,19H,7H2,1-2H3,(H,14,16,18). The van der Waals surface area contributed by atoms with E-state index in [9.17, 15) is 14.4 Å². The zero-order valence-corrected chi connectivity index (χ0v) is 11.5. The lowest BCUT2D eigenvalue weighted by Gasteiger charge is -2.40. The molecule has 0 aromatic heterocycles. The van der Waals surface area contributed by atoms with Crippen LogP contribution in [0.4, 0.5) is 0 Å². The third-order valence-electron chi connectivity index (χ3n) is 3.14. The summed E-state index contributed by atoms with van der Waals surface area (Å²) in [6.07, 6.45) is 0. The van der Waals surface area contributed by atoms with E-state index in [1.165, 1.54) is 4.90 Å². The Labute approximate surface area is 116 Å². The highest BCUT2D eigenvalue weighted by Crippen LogP contribution is 2.21. The van der Waals surface area contributed by atoms with Gasteiger partial charge in [-0.25, -0.2) is 0 Å². The number of hydrogen-bond acceptors (Lipinski definition) is 4. The maximum atomic E-state index is 12.4. The molecule has 0 bridgehead atoms. The Morgan fingerprint density at radius 3 is 2.42 bits per heavy atom. The van der Waals surface area contributed by atoms with Crippen LogP contribution < -0.4 is 5.32 Å². The van der Waals surface area contributed by atoms with Crippen molar-refractivity contribution in [2.75, 3.05) is 6.54 Å². The molecule has 1 fully saturated rings. The van der Waals surface area contributed by atoms with Gasteiger partial charge in [0.05, 0.1) is 0 Å². The van der Waals surface area contributed by atoms with E-state index in [4.69, 9.17) is 0 Å². The Balaban J connectivity index is 2.33. The molecule has 0 aliphatic carbocycles. The van der Waals surface area contributed by atoms with E-state index in [0.717, 1.165) is 4.90 Å². The van der Waals surface area contributed by atoms with Crippen LogP contribution >= 0.6 is 12.6 Å². The second-order valence-electron chi connectivity index (χ2n) is 4.87. The average Bonchev–Trinajstić information content (AvgIpc) is 2.34. The van der Waals surface area contributed by atoms with E-state index in [1.807, 2.05) is 0 Å². The average molecular weight is 278 g/mol. The van der Waals surface area contributed by atoms with Crippen LogP contribution in [-0.2, 0) is 9.59 Å². The van der Waals surface area contributed by atoms with Crippen molar-refractivity contribution in [1.82, 2.24) is 10.2 Å². The van der Waals surface area contributed by atoms with Gasteiger partial charge < -0.3 is 4.90 Å². The summed E-state index contributed by atoms with van der Waals surface area (Å²) in [6, 6.07) is 6.62. The summed E-state index contributed by atoms with van der Waals surface area (Å²) < 4.78 is 0. The number of hydrogen-bond donors (Lipinski definition) is 2. The van der Waals surface area contributed by atoms with Gasteiger partial charge in [0.25, 0.3) is 11.8 Å². The van der Waals surface area contributed by atoms with Crippen molar-refractivity contribution in [3.63, 3.8) is 0 Å². The van der Waals surface area contributed by atoms with Gasteiger partial charge >= 0.3 is 0 Å². The molecule has 1 saturated heterocycles. The summed E-state index contributed by atoms with van der Waals surface area (Å²) in [5.74, 6) is -1.28. The first kappa shape index (κ1) is 13.6. The zero-order valence-electron chi connectivity index (χ0n) is 10.6. The Morgan fingerprint density at radius 1 is 1.26 bits per heavy atom. The number of imide groups is 1. The van der Waals surface area contributed by atoms with E-state index in [2.05, 4.69) is 17.9 Å². The van der Waals surface area contributed by atoms with Crippen LogP contribution in [-0.4, -0.2) is 34.7 Å². The van der Waals surface area contributed by atoms with Gasteiger partial charge in [0.1, 0.15) is 12.1 Å². The van der Waals surface area contributed by atoms with E-state index in [1.54, 1.807) is 38.1 Å². The normalized spacial score (nSPS) is 18.2. The maximum absolute atomic E-state index is 12.4. The summed E-state index contributed by atoms with van der Waals surface area (Å²) in [6.45, 7) is 3.10. The molecule has 5 nitrogen and oxygen atoms in total. The second kappa shape index (κ2) is 4.70. The molecule has 0 radical (unpaired) electrons. The van der Waals surface area contributed by atoms with E-state index < -0.39 is 17.4 Å². The van der Waals surface area contributed by atoms with Gasteiger partial charge in [-0.3, -0.25) is 19.7 Å². The summed E-state index contributed by atoms with van der Waals surface area (Å²) in [5.41, 5.74) is -0.627. The van der Waals surface area contributed by atoms with Crippen LogP contribution in [0, 0.1) is 0 Å². The van der Waals surface area contributed by atoms with Gasteiger partial charge in [0, 0.05) is 10.5 Å². The number of piperazine rings is 1. The summed E-state index contributed by atoms with van der Waals surface area (Å²) in [7, 11) is 0. The van der Waals surface area contributed by atoms with Gasteiger partial charge in [-0.1, -0.05) is 0 Å². The zero-order chi connectivity index (χ0) is 14.2. The highest BCUT2D eigenvalue weighted by atomic mass is 32.1. The molecule has 0 saturated carbocycles. The molecule has 6 heteroatoms. The van der Waals surface area contributed by atoms with Crippen molar-refractivity contribution in [2.45, 2.75) is 24.3 Å². The fourth-order valence-corrected chi connectivity index (χ4v) is 2.02. The number of rotatable bonds is 1. The minimum atomic E-state index is -1.05. The molecule has 1 N–H and O–H groups in total. The largest absolute Gasteiger partial charge is 0.315 e. The van der Waals surface area contributed by atoms with Crippen LogP contribution in [0.15, 0.2) is 29.2 Å². The minimum Gasteiger partial charge on any atom is -0.315 e. The number of benzene rings is 1. The topological polar surface area (TPSA) is 66.5 Å². The molecule has 2 rings (SSSR count). The smallest absolute Gasteiger partial charge is 0.255 e. The monoisotopic (exact) mass is 278 g/mol. The predicted octanol–water partition coefficient (Wildman–Crippen LogP) is 0.852. The van der Waals surface area contributed by atoms with Gasteiger partial charge in [-0.15, -0.1) is 12.6 Å². The quantitative estimate of drug-likeness (QED) is 0.591. The lowest BCUT2D eigenvalue weighted by molar-refractivity contribution is -0.143. The first-order valence-electron chi connectivity index (χ1n) is 5.77. The predicted molar refractivity (Wildman–Crippen MR) is 72.0 cm³/mol. The number of nitrogens with one attached hydrogen (secondary N) is 1. The van der Waals surface area contributed by atoms with E-state index in [-0.39, 0.29) is 12.5 Å². The minimum absolute atomic E-state index is 0.125. The second-order valence-corrected chi connectivity index (χ2v) is 5.39. The Kier molecular flexibility index (Phi) is 3.36. The van der Waals surface area contributed by atoms with Crippen LogP contribution in [0.25, 0.3) is 0 Å². The number of amides is 3. The van der Waals surface area contributed by atoms with Crippen LogP contribution in [0.3, 0.4) is 0 Å². The molecule has 1 aliphatic rings. The highest BCUT2D eigenvalue weighted by Gasteiger charge is 2.43. The number of carbonyl (C=O) groups is 3. The molecule has 0 atom stereocenters.